The van der Waals surface area contributed by atoms with Crippen LogP contribution in [-0.2, 0) is 11.3 Å². The largest absolute Gasteiger partial charge is 0.497 e. The molecule has 0 aromatic heterocycles. The molecule has 3 amide bonds. The lowest BCUT2D eigenvalue weighted by Crippen LogP contribution is -2.63. The highest BCUT2D eigenvalue weighted by atomic mass is 16.5. The third-order valence-corrected chi connectivity index (χ3v) is 3.51. The van der Waals surface area contributed by atoms with Gasteiger partial charge in [-0.15, -0.1) is 0 Å². The van der Waals surface area contributed by atoms with Gasteiger partial charge in [-0.25, -0.2) is 4.79 Å². The molecule has 2 atom stereocenters. The zero-order valence-electron chi connectivity index (χ0n) is 11.0. The second-order valence-corrected chi connectivity index (χ2v) is 4.75. The van der Waals surface area contributed by atoms with Crippen LogP contribution in [0.3, 0.4) is 0 Å². The van der Waals surface area contributed by atoms with Crippen molar-refractivity contribution < 1.29 is 14.3 Å². The summed E-state index contributed by atoms with van der Waals surface area (Å²) in [6.07, 6.45) is 3.48. The van der Waals surface area contributed by atoms with Gasteiger partial charge in [-0.2, -0.15) is 0 Å². The molecule has 6 heteroatoms. The molecule has 0 aliphatic carbocycles. The van der Waals surface area contributed by atoms with Crippen molar-refractivity contribution >= 4 is 11.9 Å². The molecule has 0 radical (unpaired) electrons. The quantitative estimate of drug-likeness (QED) is 0.846. The molecule has 1 aromatic rings. The van der Waals surface area contributed by atoms with Crippen LogP contribution >= 0.6 is 0 Å². The highest BCUT2D eigenvalue weighted by Gasteiger charge is 2.41. The van der Waals surface area contributed by atoms with Crippen molar-refractivity contribution in [1.29, 1.82) is 0 Å². The molecule has 1 saturated heterocycles. The molecule has 3 rings (SSSR count). The molecular formula is C14H15N3O3. The summed E-state index contributed by atoms with van der Waals surface area (Å²) in [5.41, 5.74) is 0.874. The fourth-order valence-electron chi connectivity index (χ4n) is 2.39. The highest BCUT2D eigenvalue weighted by Crippen LogP contribution is 2.18. The van der Waals surface area contributed by atoms with Gasteiger partial charge < -0.3 is 15.4 Å². The van der Waals surface area contributed by atoms with Gasteiger partial charge in [-0.05, 0) is 30.0 Å². The van der Waals surface area contributed by atoms with Crippen LogP contribution in [0.15, 0.2) is 36.5 Å². The van der Waals surface area contributed by atoms with E-state index < -0.39 is 6.04 Å². The third-order valence-electron chi connectivity index (χ3n) is 3.51. The van der Waals surface area contributed by atoms with E-state index >= 15 is 0 Å². The van der Waals surface area contributed by atoms with Crippen LogP contribution in [0.1, 0.15) is 5.56 Å². The maximum absolute atomic E-state index is 12.3. The standard InChI is InChI=1S/C14H15N3O3/c1-20-10-4-2-9(3-5-10)8-17-13(18)12-11(6-7-15-12)16-14(17)19/h2-7,11-12,15H,8H2,1H3,(H,16,19)/t11-,12+/m1/s1. The van der Waals surface area contributed by atoms with Gasteiger partial charge in [0.2, 0.25) is 0 Å². The molecule has 0 unspecified atom stereocenters. The number of ether oxygens (including phenoxy) is 1. The Labute approximate surface area is 116 Å². The number of methoxy groups -OCH3 is 1. The SMILES string of the molecule is COc1ccc(CN2C(=O)N[C@@H]3C=CN[C@@H]3C2=O)cc1. The van der Waals surface area contributed by atoms with E-state index in [-0.39, 0.29) is 24.5 Å². The molecule has 2 aliphatic heterocycles. The number of nitrogens with zero attached hydrogens (tertiary/aromatic N) is 1. The average molecular weight is 273 g/mol. The predicted molar refractivity (Wildman–Crippen MR) is 71.9 cm³/mol. The lowest BCUT2D eigenvalue weighted by Gasteiger charge is -2.33. The van der Waals surface area contributed by atoms with Gasteiger partial charge in [-0.1, -0.05) is 12.1 Å². The zero-order valence-corrected chi connectivity index (χ0v) is 11.0. The first kappa shape index (κ1) is 12.5. The molecule has 0 bridgehead atoms. The smallest absolute Gasteiger partial charge is 0.325 e. The lowest BCUT2D eigenvalue weighted by atomic mass is 10.1. The number of hydrogen-bond acceptors (Lipinski definition) is 4. The number of fused-ring (bicyclic) bond motifs is 1. The number of imide groups is 1. The molecule has 2 aliphatic rings. The van der Waals surface area contributed by atoms with E-state index in [9.17, 15) is 9.59 Å². The maximum Gasteiger partial charge on any atom is 0.325 e. The molecule has 2 heterocycles. The summed E-state index contributed by atoms with van der Waals surface area (Å²) in [7, 11) is 1.59. The van der Waals surface area contributed by atoms with E-state index in [1.165, 1.54) is 4.90 Å². The number of hydrogen-bond donors (Lipinski definition) is 2. The van der Waals surface area contributed by atoms with Crippen molar-refractivity contribution in [2.75, 3.05) is 7.11 Å². The van der Waals surface area contributed by atoms with Gasteiger partial charge in [0.05, 0.1) is 19.7 Å². The zero-order chi connectivity index (χ0) is 14.1. The molecule has 0 spiro atoms. The van der Waals surface area contributed by atoms with Crippen LogP contribution in [-0.4, -0.2) is 36.0 Å². The van der Waals surface area contributed by atoms with Crippen molar-refractivity contribution in [2.24, 2.45) is 0 Å². The first-order valence-corrected chi connectivity index (χ1v) is 6.36. The number of urea groups is 1. The topological polar surface area (TPSA) is 70.7 Å². The van der Waals surface area contributed by atoms with Crippen molar-refractivity contribution in [3.63, 3.8) is 0 Å². The summed E-state index contributed by atoms with van der Waals surface area (Å²) in [4.78, 5) is 25.5. The lowest BCUT2D eigenvalue weighted by molar-refractivity contribution is -0.132. The Morgan fingerprint density at radius 3 is 2.70 bits per heavy atom. The number of carbonyl (C=O) groups is 2. The Hall–Kier alpha value is -2.50. The van der Waals surface area contributed by atoms with Gasteiger partial charge in [-0.3, -0.25) is 9.69 Å². The van der Waals surface area contributed by atoms with E-state index in [0.717, 1.165) is 11.3 Å². The number of carbonyl (C=O) groups excluding carboxylic acids is 2. The molecule has 1 aromatic carbocycles. The Kier molecular flexibility index (Phi) is 3.06. The van der Waals surface area contributed by atoms with Crippen LogP contribution in [0.25, 0.3) is 0 Å². The minimum absolute atomic E-state index is 0.209. The maximum atomic E-state index is 12.3. The number of nitrogens with one attached hydrogen (secondary N) is 2. The molecule has 2 N–H and O–H groups in total. The molecule has 0 saturated carbocycles. The summed E-state index contributed by atoms with van der Waals surface area (Å²) in [6.45, 7) is 0.250. The Bertz CT molecular complexity index is 568. The Morgan fingerprint density at radius 1 is 1.25 bits per heavy atom. The van der Waals surface area contributed by atoms with Crippen molar-refractivity contribution in [2.45, 2.75) is 18.6 Å². The van der Waals surface area contributed by atoms with Gasteiger partial charge in [0.25, 0.3) is 5.91 Å². The van der Waals surface area contributed by atoms with E-state index in [4.69, 9.17) is 4.74 Å². The number of amides is 3. The van der Waals surface area contributed by atoms with Gasteiger partial charge in [0, 0.05) is 0 Å². The first-order valence-electron chi connectivity index (χ1n) is 6.36. The number of benzene rings is 1. The first-order chi connectivity index (χ1) is 9.69. The van der Waals surface area contributed by atoms with Crippen LogP contribution < -0.4 is 15.4 Å². The molecule has 104 valence electrons. The summed E-state index contributed by atoms with van der Waals surface area (Å²) >= 11 is 0. The van der Waals surface area contributed by atoms with Crippen molar-refractivity contribution in [3.8, 4) is 5.75 Å². The fourth-order valence-corrected chi connectivity index (χ4v) is 2.39. The van der Waals surface area contributed by atoms with E-state index in [1.807, 2.05) is 12.1 Å². The summed E-state index contributed by atoms with van der Waals surface area (Å²) in [5.74, 6) is 0.532. The molecule has 1 fully saturated rings. The Balaban J connectivity index is 1.75. The highest BCUT2D eigenvalue weighted by molar-refractivity contribution is 6.01. The van der Waals surface area contributed by atoms with Gasteiger partial charge in [0.1, 0.15) is 11.8 Å². The molecule has 6 nitrogen and oxygen atoms in total. The minimum atomic E-state index is -0.397. The second-order valence-electron chi connectivity index (χ2n) is 4.75. The van der Waals surface area contributed by atoms with Crippen LogP contribution in [0.5, 0.6) is 5.75 Å². The van der Waals surface area contributed by atoms with Gasteiger partial charge in [0.15, 0.2) is 0 Å². The summed E-state index contributed by atoms with van der Waals surface area (Å²) in [5, 5.41) is 5.75. The number of rotatable bonds is 3. The van der Waals surface area contributed by atoms with Crippen LogP contribution in [0, 0.1) is 0 Å². The van der Waals surface area contributed by atoms with Crippen molar-refractivity contribution in [3.05, 3.63) is 42.1 Å². The van der Waals surface area contributed by atoms with Crippen LogP contribution in [0.4, 0.5) is 4.79 Å². The average Bonchev–Trinajstić information content (AvgIpc) is 2.92. The summed E-state index contributed by atoms with van der Waals surface area (Å²) in [6, 6.07) is 6.28. The molecule has 20 heavy (non-hydrogen) atoms. The van der Waals surface area contributed by atoms with E-state index in [2.05, 4.69) is 10.6 Å². The third kappa shape index (κ3) is 2.09. The minimum Gasteiger partial charge on any atom is -0.497 e. The normalized spacial score (nSPS) is 24.1. The van der Waals surface area contributed by atoms with Crippen molar-refractivity contribution in [1.82, 2.24) is 15.5 Å². The molecular weight excluding hydrogens is 258 g/mol. The predicted octanol–water partition coefficient (Wildman–Crippen LogP) is 0.601. The van der Waals surface area contributed by atoms with E-state index in [1.54, 1.807) is 31.5 Å². The summed E-state index contributed by atoms with van der Waals surface area (Å²) < 4.78 is 5.08. The second kappa shape index (κ2) is 4.88. The van der Waals surface area contributed by atoms with Gasteiger partial charge >= 0.3 is 6.03 Å². The Morgan fingerprint density at radius 2 is 2.00 bits per heavy atom. The van der Waals surface area contributed by atoms with Crippen LogP contribution in [0.2, 0.25) is 0 Å². The monoisotopic (exact) mass is 273 g/mol. The fraction of sp³-hybridized carbons (Fsp3) is 0.286. The van der Waals surface area contributed by atoms with E-state index in [0.29, 0.717) is 0 Å².